The molecule has 0 radical (unpaired) electrons. The lowest BCUT2D eigenvalue weighted by molar-refractivity contribution is -0.163. The fourth-order valence-electron chi connectivity index (χ4n) is 3.19. The molecule has 0 aromatic carbocycles. The molecule has 1 saturated carbocycles. The van der Waals surface area contributed by atoms with Crippen LogP contribution < -0.4 is 0 Å². The zero-order valence-electron chi connectivity index (χ0n) is 8.12. The van der Waals surface area contributed by atoms with Crippen LogP contribution in [0.3, 0.4) is 0 Å². The van der Waals surface area contributed by atoms with Gasteiger partial charge in [0.25, 0.3) is 0 Å². The molecule has 0 bridgehead atoms. The van der Waals surface area contributed by atoms with E-state index in [-0.39, 0.29) is 17.5 Å². The Kier molecular flexibility index (Phi) is 1.57. The maximum absolute atomic E-state index is 11.3. The Hall–Kier alpha value is -0.830. The molecule has 1 aliphatic carbocycles. The summed E-state index contributed by atoms with van der Waals surface area (Å²) in [5, 5.41) is 0. The predicted molar refractivity (Wildman–Crippen MR) is 49.6 cm³/mol. The van der Waals surface area contributed by atoms with E-state index in [1.165, 1.54) is 5.57 Å². The van der Waals surface area contributed by atoms with Crippen LogP contribution in [-0.2, 0) is 14.3 Å². The molecule has 1 unspecified atom stereocenters. The van der Waals surface area contributed by atoms with Gasteiger partial charge in [0.1, 0.15) is 5.60 Å². The third kappa shape index (κ3) is 0.934. The quantitative estimate of drug-likeness (QED) is 0.430. The summed E-state index contributed by atoms with van der Waals surface area (Å²) in [5.74, 6) is 0.577. The van der Waals surface area contributed by atoms with Gasteiger partial charge in [0.05, 0.1) is 19.6 Å². The molecule has 2 aliphatic heterocycles. The average Bonchev–Trinajstić information content (AvgIpc) is 2.57. The molecular weight excluding hydrogens is 180 g/mol. The molecule has 3 fully saturated rings. The monoisotopic (exact) mass is 194 g/mol. The van der Waals surface area contributed by atoms with E-state index in [1.54, 1.807) is 0 Å². The molecule has 2 heterocycles. The first-order chi connectivity index (χ1) is 6.71. The van der Waals surface area contributed by atoms with Crippen molar-refractivity contribution in [2.45, 2.75) is 24.9 Å². The van der Waals surface area contributed by atoms with Crippen molar-refractivity contribution in [3.8, 4) is 0 Å². The van der Waals surface area contributed by atoms with Crippen LogP contribution in [-0.4, -0.2) is 24.8 Å². The molecule has 3 aliphatic rings. The van der Waals surface area contributed by atoms with Crippen LogP contribution in [0.5, 0.6) is 0 Å². The Morgan fingerprint density at radius 3 is 2.79 bits per heavy atom. The highest BCUT2D eigenvalue weighted by Crippen LogP contribution is 2.52. The number of rotatable bonds is 0. The van der Waals surface area contributed by atoms with Crippen LogP contribution in [0.4, 0.5) is 0 Å². The number of carbonyl (C=O) groups excluding carboxylic acids is 1. The van der Waals surface area contributed by atoms with Gasteiger partial charge in [-0.25, -0.2) is 0 Å². The molecule has 76 valence electrons. The van der Waals surface area contributed by atoms with Crippen molar-refractivity contribution < 1.29 is 14.3 Å². The van der Waals surface area contributed by atoms with Gasteiger partial charge in [-0.2, -0.15) is 0 Å². The predicted octanol–water partition coefficient (Wildman–Crippen LogP) is 1.28. The molecule has 3 nitrogen and oxygen atoms in total. The van der Waals surface area contributed by atoms with Crippen LogP contribution in [0.1, 0.15) is 19.3 Å². The molecule has 0 aromatic rings. The number of hydrogen-bond acceptors (Lipinski definition) is 3. The first-order valence-electron chi connectivity index (χ1n) is 5.17. The van der Waals surface area contributed by atoms with Crippen LogP contribution in [0.15, 0.2) is 12.2 Å². The van der Waals surface area contributed by atoms with Crippen LogP contribution in [0.2, 0.25) is 0 Å². The molecule has 0 N–H and O–H groups in total. The van der Waals surface area contributed by atoms with Crippen molar-refractivity contribution in [2.75, 3.05) is 13.2 Å². The molecular formula is C11H14O3. The molecule has 14 heavy (non-hydrogen) atoms. The second kappa shape index (κ2) is 2.60. The highest BCUT2D eigenvalue weighted by molar-refractivity contribution is 5.73. The summed E-state index contributed by atoms with van der Waals surface area (Å²) in [6.45, 7) is 5.41. The summed E-state index contributed by atoms with van der Waals surface area (Å²) >= 11 is 0. The first-order valence-corrected chi connectivity index (χ1v) is 5.17. The van der Waals surface area contributed by atoms with Crippen molar-refractivity contribution in [1.29, 1.82) is 0 Å². The van der Waals surface area contributed by atoms with Crippen molar-refractivity contribution in [3.05, 3.63) is 12.2 Å². The number of esters is 1. The minimum Gasteiger partial charge on any atom is -0.458 e. The lowest BCUT2D eigenvalue weighted by atomic mass is 9.78. The number of hydrogen-bond donors (Lipinski definition) is 0. The second-order valence-electron chi connectivity index (χ2n) is 4.70. The highest BCUT2D eigenvalue weighted by Gasteiger charge is 2.59. The number of ether oxygens (including phenoxy) is 2. The van der Waals surface area contributed by atoms with Gasteiger partial charge in [0.2, 0.25) is 0 Å². The molecule has 0 amide bonds. The van der Waals surface area contributed by atoms with Gasteiger partial charge < -0.3 is 9.47 Å². The topological polar surface area (TPSA) is 35.5 Å². The maximum atomic E-state index is 11.3. The number of carbonyl (C=O) groups is 1. The van der Waals surface area contributed by atoms with Gasteiger partial charge in [-0.05, 0) is 6.42 Å². The zero-order chi connectivity index (χ0) is 9.76. The third-order valence-electron chi connectivity index (χ3n) is 3.80. The molecule has 0 aromatic heterocycles. The summed E-state index contributed by atoms with van der Waals surface area (Å²) in [4.78, 5) is 11.3. The van der Waals surface area contributed by atoms with Crippen molar-refractivity contribution in [1.82, 2.24) is 0 Å². The first kappa shape index (κ1) is 8.48. The largest absolute Gasteiger partial charge is 0.458 e. The van der Waals surface area contributed by atoms with Gasteiger partial charge in [0, 0.05) is 18.3 Å². The molecule has 3 rings (SSSR count). The SMILES string of the molecule is C=C1CC2COC[C@H]3CC(=O)O[C@@]23C1. The van der Waals surface area contributed by atoms with Crippen LogP contribution >= 0.6 is 0 Å². The zero-order valence-corrected chi connectivity index (χ0v) is 8.12. The highest BCUT2D eigenvalue weighted by atomic mass is 16.6. The van der Waals surface area contributed by atoms with Gasteiger partial charge in [-0.1, -0.05) is 12.2 Å². The Balaban J connectivity index is 1.99. The van der Waals surface area contributed by atoms with E-state index in [1.807, 2.05) is 0 Å². The van der Waals surface area contributed by atoms with Gasteiger partial charge in [0.15, 0.2) is 0 Å². The lowest BCUT2D eigenvalue weighted by Crippen LogP contribution is -2.47. The summed E-state index contributed by atoms with van der Waals surface area (Å²) in [6.07, 6.45) is 2.35. The summed E-state index contributed by atoms with van der Waals surface area (Å²) in [6, 6.07) is 0. The maximum Gasteiger partial charge on any atom is 0.306 e. The lowest BCUT2D eigenvalue weighted by Gasteiger charge is -2.38. The second-order valence-corrected chi connectivity index (χ2v) is 4.70. The Bertz CT molecular complexity index is 278. The van der Waals surface area contributed by atoms with E-state index in [0.29, 0.717) is 18.9 Å². The third-order valence-corrected chi connectivity index (χ3v) is 3.80. The Morgan fingerprint density at radius 1 is 1.29 bits per heavy atom. The van der Waals surface area contributed by atoms with E-state index in [4.69, 9.17) is 9.47 Å². The average molecular weight is 194 g/mol. The van der Waals surface area contributed by atoms with Crippen LogP contribution in [0.25, 0.3) is 0 Å². The van der Waals surface area contributed by atoms with Gasteiger partial charge >= 0.3 is 5.97 Å². The smallest absolute Gasteiger partial charge is 0.306 e. The molecule has 1 spiro atoms. The molecule has 2 saturated heterocycles. The van der Waals surface area contributed by atoms with Gasteiger partial charge in [-0.15, -0.1) is 0 Å². The van der Waals surface area contributed by atoms with E-state index in [9.17, 15) is 4.79 Å². The van der Waals surface area contributed by atoms with Crippen molar-refractivity contribution in [2.24, 2.45) is 11.8 Å². The standard InChI is InChI=1S/C11H14O3/c1-7-2-8-5-13-6-9-3-10(12)14-11(8,9)4-7/h8-9H,1-6H2/t8?,9-,11+/m1/s1. The fourth-order valence-corrected chi connectivity index (χ4v) is 3.19. The summed E-state index contributed by atoms with van der Waals surface area (Å²) in [5.41, 5.74) is 0.979. The Labute approximate surface area is 83.1 Å². The van der Waals surface area contributed by atoms with Crippen molar-refractivity contribution in [3.63, 3.8) is 0 Å². The van der Waals surface area contributed by atoms with E-state index in [0.717, 1.165) is 19.4 Å². The summed E-state index contributed by atoms with van der Waals surface area (Å²) in [7, 11) is 0. The fraction of sp³-hybridized carbons (Fsp3) is 0.727. The summed E-state index contributed by atoms with van der Waals surface area (Å²) < 4.78 is 11.1. The minimum absolute atomic E-state index is 0.0554. The van der Waals surface area contributed by atoms with E-state index in [2.05, 4.69) is 6.58 Å². The van der Waals surface area contributed by atoms with Crippen molar-refractivity contribution >= 4 is 5.97 Å². The van der Waals surface area contributed by atoms with E-state index < -0.39 is 0 Å². The Morgan fingerprint density at radius 2 is 2.00 bits per heavy atom. The normalized spacial score (nSPS) is 46.0. The molecule has 3 atom stereocenters. The molecule has 3 heteroatoms. The van der Waals surface area contributed by atoms with E-state index >= 15 is 0 Å². The van der Waals surface area contributed by atoms with Crippen LogP contribution in [0, 0.1) is 11.8 Å². The minimum atomic E-state index is -0.230. The van der Waals surface area contributed by atoms with Gasteiger partial charge in [-0.3, -0.25) is 4.79 Å².